The molecule has 2 rings (SSSR count). The second-order valence-corrected chi connectivity index (χ2v) is 2.79. The molecule has 0 aromatic carbocycles. The highest BCUT2D eigenvalue weighted by Gasteiger charge is 2.14. The highest BCUT2D eigenvalue weighted by Crippen LogP contribution is 2.05. The number of ether oxygens (including phenoxy) is 1. The first kappa shape index (κ1) is 7.70. The summed E-state index contributed by atoms with van der Waals surface area (Å²) in [6.07, 6.45) is 0. The Morgan fingerprint density at radius 2 is 2.50 bits per heavy atom. The molecule has 5 heteroatoms. The quantitative estimate of drug-likeness (QED) is 0.648. The topological polar surface area (TPSA) is 52.0 Å². The fraction of sp³-hybridized carbons (Fsp3) is 0.714. The number of hydrogen-bond donors (Lipinski definition) is 1. The maximum absolute atomic E-state index is 5.01. The second kappa shape index (κ2) is 3.20. The molecule has 0 bridgehead atoms. The predicted molar refractivity (Wildman–Crippen MR) is 42.4 cm³/mol. The summed E-state index contributed by atoms with van der Waals surface area (Å²) in [5.41, 5.74) is 0. The molecule has 0 spiro atoms. The van der Waals surface area contributed by atoms with E-state index < -0.39 is 0 Å². The van der Waals surface area contributed by atoms with Gasteiger partial charge in [-0.1, -0.05) is 0 Å². The van der Waals surface area contributed by atoms with Gasteiger partial charge in [-0.25, -0.2) is 0 Å². The number of aromatic nitrogens is 3. The van der Waals surface area contributed by atoms with Crippen LogP contribution in [0.5, 0.6) is 0 Å². The van der Waals surface area contributed by atoms with Gasteiger partial charge in [0.05, 0.1) is 6.54 Å². The van der Waals surface area contributed by atoms with Crippen LogP contribution < -0.4 is 5.32 Å². The van der Waals surface area contributed by atoms with Crippen molar-refractivity contribution in [2.75, 3.05) is 13.7 Å². The zero-order valence-electron chi connectivity index (χ0n) is 7.08. The molecule has 0 atom stereocenters. The molecule has 5 nitrogen and oxygen atoms in total. The van der Waals surface area contributed by atoms with Crippen LogP contribution in [0.4, 0.5) is 0 Å². The van der Waals surface area contributed by atoms with E-state index >= 15 is 0 Å². The maximum Gasteiger partial charge on any atom is 0.159 e. The molecule has 1 aliphatic heterocycles. The van der Waals surface area contributed by atoms with E-state index in [-0.39, 0.29) is 0 Å². The highest BCUT2D eigenvalue weighted by molar-refractivity contribution is 4.97. The summed E-state index contributed by atoms with van der Waals surface area (Å²) >= 11 is 0. The van der Waals surface area contributed by atoms with Gasteiger partial charge in [0.15, 0.2) is 5.82 Å². The lowest BCUT2D eigenvalue weighted by Gasteiger charge is -2.15. The largest absolute Gasteiger partial charge is 0.377 e. The maximum atomic E-state index is 5.01. The Morgan fingerprint density at radius 3 is 3.33 bits per heavy atom. The van der Waals surface area contributed by atoms with Crippen molar-refractivity contribution in [1.82, 2.24) is 20.1 Å². The minimum atomic E-state index is 0.549. The Labute approximate surface area is 70.7 Å². The average Bonchev–Trinajstić information content (AvgIpc) is 2.50. The molecule has 0 saturated heterocycles. The first-order chi connectivity index (χ1) is 5.92. The predicted octanol–water partition coefficient (Wildman–Crippen LogP) is -0.472. The Morgan fingerprint density at radius 1 is 1.58 bits per heavy atom. The van der Waals surface area contributed by atoms with Crippen LogP contribution in [0, 0.1) is 0 Å². The number of rotatable bonds is 2. The van der Waals surface area contributed by atoms with Crippen molar-refractivity contribution in [2.24, 2.45) is 0 Å². The van der Waals surface area contributed by atoms with Crippen LogP contribution in [0.1, 0.15) is 11.6 Å². The molecule has 1 aromatic heterocycles. The van der Waals surface area contributed by atoms with Crippen LogP contribution in [0.15, 0.2) is 0 Å². The third kappa shape index (κ3) is 1.21. The summed E-state index contributed by atoms with van der Waals surface area (Å²) in [5, 5.41) is 11.3. The summed E-state index contributed by atoms with van der Waals surface area (Å²) < 4.78 is 7.12. The lowest BCUT2D eigenvalue weighted by molar-refractivity contribution is 0.173. The summed E-state index contributed by atoms with van der Waals surface area (Å²) in [7, 11) is 1.67. The molecule has 12 heavy (non-hydrogen) atoms. The van der Waals surface area contributed by atoms with Crippen LogP contribution >= 0.6 is 0 Å². The van der Waals surface area contributed by atoms with E-state index in [1.165, 1.54) is 0 Å². The molecule has 0 amide bonds. The van der Waals surface area contributed by atoms with Crippen LogP contribution in [0.2, 0.25) is 0 Å². The summed E-state index contributed by atoms with van der Waals surface area (Å²) in [4.78, 5) is 0. The minimum absolute atomic E-state index is 0.549. The van der Waals surface area contributed by atoms with Crippen molar-refractivity contribution in [3.8, 4) is 0 Å². The van der Waals surface area contributed by atoms with E-state index in [0.29, 0.717) is 6.61 Å². The number of methoxy groups -OCH3 is 1. The van der Waals surface area contributed by atoms with E-state index in [9.17, 15) is 0 Å². The second-order valence-electron chi connectivity index (χ2n) is 2.79. The van der Waals surface area contributed by atoms with Crippen molar-refractivity contribution < 1.29 is 4.74 Å². The Bertz CT molecular complexity index is 270. The first-order valence-corrected chi connectivity index (χ1v) is 4.02. The monoisotopic (exact) mass is 168 g/mol. The van der Waals surface area contributed by atoms with E-state index in [1.807, 2.05) is 0 Å². The van der Waals surface area contributed by atoms with Gasteiger partial charge in [0, 0.05) is 20.2 Å². The molecule has 2 heterocycles. The van der Waals surface area contributed by atoms with Crippen molar-refractivity contribution in [3.63, 3.8) is 0 Å². The van der Waals surface area contributed by atoms with Gasteiger partial charge in [-0.3, -0.25) is 0 Å². The third-order valence-corrected chi connectivity index (χ3v) is 1.97. The first-order valence-electron chi connectivity index (χ1n) is 4.02. The van der Waals surface area contributed by atoms with E-state index in [4.69, 9.17) is 4.74 Å². The van der Waals surface area contributed by atoms with Crippen molar-refractivity contribution in [3.05, 3.63) is 11.6 Å². The fourth-order valence-corrected chi connectivity index (χ4v) is 1.39. The summed E-state index contributed by atoms with van der Waals surface area (Å²) in [5.74, 6) is 1.93. The average molecular weight is 168 g/mol. The molecule has 0 aliphatic carbocycles. The molecule has 0 saturated carbocycles. The van der Waals surface area contributed by atoms with E-state index in [2.05, 4.69) is 20.1 Å². The molecular weight excluding hydrogens is 156 g/mol. The zero-order chi connectivity index (χ0) is 8.39. The van der Waals surface area contributed by atoms with Gasteiger partial charge in [-0.05, 0) is 0 Å². The van der Waals surface area contributed by atoms with E-state index in [1.54, 1.807) is 7.11 Å². The van der Waals surface area contributed by atoms with Crippen molar-refractivity contribution in [1.29, 1.82) is 0 Å². The number of fused-ring (bicyclic) bond motifs is 1. The zero-order valence-corrected chi connectivity index (χ0v) is 7.08. The van der Waals surface area contributed by atoms with Gasteiger partial charge in [-0.15, -0.1) is 10.2 Å². The Kier molecular flexibility index (Phi) is 2.05. The normalized spacial score (nSPS) is 16.1. The fourth-order valence-electron chi connectivity index (χ4n) is 1.39. The van der Waals surface area contributed by atoms with Crippen LogP contribution in [-0.2, 0) is 24.4 Å². The van der Waals surface area contributed by atoms with Crippen LogP contribution in [0.3, 0.4) is 0 Å². The number of nitrogens with zero attached hydrogens (tertiary/aromatic N) is 3. The van der Waals surface area contributed by atoms with Gasteiger partial charge in [0.1, 0.15) is 12.4 Å². The Balaban J connectivity index is 2.25. The van der Waals surface area contributed by atoms with E-state index in [0.717, 1.165) is 31.3 Å². The molecule has 1 N–H and O–H groups in total. The van der Waals surface area contributed by atoms with Crippen LogP contribution in [0.25, 0.3) is 0 Å². The lowest BCUT2D eigenvalue weighted by Crippen LogP contribution is -2.29. The Hall–Kier alpha value is -0.940. The van der Waals surface area contributed by atoms with Gasteiger partial charge < -0.3 is 14.6 Å². The molecule has 0 unspecified atom stereocenters. The molecule has 66 valence electrons. The summed E-state index contributed by atoms with van der Waals surface area (Å²) in [6, 6.07) is 0. The van der Waals surface area contributed by atoms with Gasteiger partial charge in [0.25, 0.3) is 0 Å². The van der Waals surface area contributed by atoms with Gasteiger partial charge in [-0.2, -0.15) is 0 Å². The molecule has 0 fully saturated rings. The molecule has 1 aliphatic rings. The standard InChI is InChI=1S/C7H12N4O/c1-12-5-7-10-9-6-4-8-2-3-11(6)7/h8H,2-5H2,1H3. The molecule has 1 aromatic rings. The SMILES string of the molecule is COCc1nnc2n1CCNC2. The number of hydrogen-bond acceptors (Lipinski definition) is 4. The minimum Gasteiger partial charge on any atom is -0.377 e. The lowest BCUT2D eigenvalue weighted by atomic mass is 10.4. The van der Waals surface area contributed by atoms with Crippen LogP contribution in [-0.4, -0.2) is 28.4 Å². The van der Waals surface area contributed by atoms with Crippen molar-refractivity contribution in [2.45, 2.75) is 19.7 Å². The van der Waals surface area contributed by atoms with Crippen molar-refractivity contribution >= 4 is 0 Å². The molecular formula is C7H12N4O. The molecule has 0 radical (unpaired) electrons. The van der Waals surface area contributed by atoms with Gasteiger partial charge >= 0.3 is 0 Å². The third-order valence-electron chi connectivity index (χ3n) is 1.97. The number of nitrogens with one attached hydrogen (secondary N) is 1. The van der Waals surface area contributed by atoms with Gasteiger partial charge in [0.2, 0.25) is 0 Å². The smallest absolute Gasteiger partial charge is 0.159 e. The highest BCUT2D eigenvalue weighted by atomic mass is 16.5. The summed E-state index contributed by atoms with van der Waals surface area (Å²) in [6.45, 7) is 3.30.